The molecule has 0 aliphatic heterocycles. The Morgan fingerprint density at radius 2 is 1.48 bits per heavy atom. The molecule has 5 heteroatoms. The summed E-state index contributed by atoms with van der Waals surface area (Å²) in [5.74, 6) is 1.55. The largest absolute Gasteiger partial charge is 0.497 e. The van der Waals surface area contributed by atoms with Crippen molar-refractivity contribution in [3.05, 3.63) is 120 Å². The van der Waals surface area contributed by atoms with Crippen molar-refractivity contribution in [3.8, 4) is 16.9 Å². The van der Waals surface area contributed by atoms with Crippen molar-refractivity contribution < 1.29 is 9.53 Å². The van der Waals surface area contributed by atoms with E-state index in [1.165, 1.54) is 48.8 Å². The quantitative estimate of drug-likeness (QED) is 0.220. The fourth-order valence-corrected chi connectivity index (χ4v) is 5.48. The monoisotopic (exact) mass is 533 g/mol. The molecule has 0 unspecified atom stereocenters. The number of methoxy groups -OCH3 is 1. The van der Waals surface area contributed by atoms with E-state index in [9.17, 15) is 4.79 Å². The fourth-order valence-electron chi connectivity index (χ4n) is 5.48. The number of nitrogens with one attached hydrogen (secondary N) is 1. The minimum Gasteiger partial charge on any atom is -0.497 e. The highest BCUT2D eigenvalue weighted by Crippen LogP contribution is 2.24. The number of pyridine rings is 1. The second-order valence-corrected chi connectivity index (χ2v) is 10.8. The SMILES string of the molecule is COc1ccc(C(=O)N(Cc2ccc(-c3ccc(CNCC4CCCCC4)cc3)cc2)Cc2cccnc2)cc1. The van der Waals surface area contributed by atoms with Crippen molar-refractivity contribution in [1.29, 1.82) is 0 Å². The maximum Gasteiger partial charge on any atom is 0.254 e. The topological polar surface area (TPSA) is 54.5 Å². The van der Waals surface area contributed by atoms with E-state index in [1.54, 1.807) is 13.3 Å². The molecule has 1 N–H and O–H groups in total. The van der Waals surface area contributed by atoms with Gasteiger partial charge in [-0.3, -0.25) is 9.78 Å². The van der Waals surface area contributed by atoms with E-state index in [-0.39, 0.29) is 5.91 Å². The maximum atomic E-state index is 13.5. The number of carbonyl (C=O) groups is 1. The summed E-state index contributed by atoms with van der Waals surface area (Å²) in [6, 6.07) is 28.5. The highest BCUT2D eigenvalue weighted by atomic mass is 16.5. The van der Waals surface area contributed by atoms with Gasteiger partial charge in [-0.05, 0) is 83.5 Å². The van der Waals surface area contributed by atoms with Crippen LogP contribution in [0.5, 0.6) is 5.75 Å². The Balaban J connectivity index is 1.22. The van der Waals surface area contributed by atoms with Crippen molar-refractivity contribution in [2.24, 2.45) is 5.92 Å². The summed E-state index contributed by atoms with van der Waals surface area (Å²) in [7, 11) is 1.62. The van der Waals surface area contributed by atoms with E-state index in [2.05, 4.69) is 58.8 Å². The van der Waals surface area contributed by atoms with Crippen LogP contribution >= 0.6 is 0 Å². The van der Waals surface area contributed by atoms with Crippen molar-refractivity contribution in [3.63, 3.8) is 0 Å². The molecule has 1 aliphatic carbocycles. The first-order valence-electron chi connectivity index (χ1n) is 14.4. The number of nitrogens with zero attached hydrogens (tertiary/aromatic N) is 2. The Labute approximate surface area is 238 Å². The minimum atomic E-state index is -0.0248. The normalized spacial score (nSPS) is 13.6. The average molecular weight is 534 g/mol. The van der Waals surface area contributed by atoms with E-state index >= 15 is 0 Å². The second-order valence-electron chi connectivity index (χ2n) is 10.8. The van der Waals surface area contributed by atoms with Gasteiger partial charge in [-0.25, -0.2) is 0 Å². The molecule has 1 amide bonds. The Hall–Kier alpha value is -3.96. The van der Waals surface area contributed by atoms with Gasteiger partial charge < -0.3 is 15.0 Å². The number of carbonyl (C=O) groups excluding carboxylic acids is 1. The molecular formula is C35H39N3O2. The summed E-state index contributed by atoms with van der Waals surface area (Å²) in [5, 5.41) is 3.66. The van der Waals surface area contributed by atoms with Gasteiger partial charge in [0.05, 0.1) is 7.11 Å². The van der Waals surface area contributed by atoms with Crippen LogP contribution < -0.4 is 10.1 Å². The van der Waals surface area contributed by atoms with Gasteiger partial charge in [-0.1, -0.05) is 73.9 Å². The van der Waals surface area contributed by atoms with Crippen molar-refractivity contribution >= 4 is 5.91 Å². The third-order valence-electron chi connectivity index (χ3n) is 7.82. The molecule has 1 heterocycles. The van der Waals surface area contributed by atoms with Gasteiger partial charge in [0, 0.05) is 37.6 Å². The molecule has 1 aliphatic rings. The lowest BCUT2D eigenvalue weighted by molar-refractivity contribution is 0.0730. The summed E-state index contributed by atoms with van der Waals surface area (Å²) >= 11 is 0. The van der Waals surface area contributed by atoms with Crippen LogP contribution in [0.4, 0.5) is 0 Å². The first-order valence-corrected chi connectivity index (χ1v) is 14.4. The number of hydrogen-bond donors (Lipinski definition) is 1. The van der Waals surface area contributed by atoms with Gasteiger partial charge in [0.2, 0.25) is 0 Å². The molecule has 0 atom stereocenters. The molecule has 5 nitrogen and oxygen atoms in total. The van der Waals surface area contributed by atoms with Gasteiger partial charge in [0.1, 0.15) is 5.75 Å². The number of benzene rings is 3. The molecule has 40 heavy (non-hydrogen) atoms. The summed E-state index contributed by atoms with van der Waals surface area (Å²) < 4.78 is 5.26. The molecule has 0 radical (unpaired) electrons. The first-order chi connectivity index (χ1) is 19.7. The van der Waals surface area contributed by atoms with Gasteiger partial charge >= 0.3 is 0 Å². The van der Waals surface area contributed by atoms with Gasteiger partial charge in [0.25, 0.3) is 5.91 Å². The molecule has 1 fully saturated rings. The van der Waals surface area contributed by atoms with Crippen LogP contribution in [-0.4, -0.2) is 29.4 Å². The lowest BCUT2D eigenvalue weighted by Crippen LogP contribution is -2.30. The van der Waals surface area contributed by atoms with Crippen LogP contribution in [-0.2, 0) is 19.6 Å². The molecule has 3 aromatic carbocycles. The van der Waals surface area contributed by atoms with Crippen molar-refractivity contribution in [1.82, 2.24) is 15.2 Å². The molecule has 0 saturated heterocycles. The van der Waals surface area contributed by atoms with Gasteiger partial charge in [-0.15, -0.1) is 0 Å². The molecule has 0 spiro atoms. The van der Waals surface area contributed by atoms with Gasteiger partial charge in [0.15, 0.2) is 0 Å². The smallest absolute Gasteiger partial charge is 0.254 e. The van der Waals surface area contributed by atoms with E-state index < -0.39 is 0 Å². The van der Waals surface area contributed by atoms with E-state index in [0.29, 0.717) is 18.7 Å². The zero-order valence-electron chi connectivity index (χ0n) is 23.4. The number of ether oxygens (including phenoxy) is 1. The summed E-state index contributed by atoms with van der Waals surface area (Å²) in [4.78, 5) is 19.6. The number of hydrogen-bond acceptors (Lipinski definition) is 4. The van der Waals surface area contributed by atoms with E-state index in [4.69, 9.17) is 4.74 Å². The number of aromatic nitrogens is 1. The maximum absolute atomic E-state index is 13.5. The first kappa shape index (κ1) is 27.6. The molecule has 206 valence electrons. The molecule has 4 aromatic rings. The predicted molar refractivity (Wildman–Crippen MR) is 161 cm³/mol. The Morgan fingerprint density at radius 3 is 2.10 bits per heavy atom. The second kappa shape index (κ2) is 13.9. The zero-order chi connectivity index (χ0) is 27.6. The summed E-state index contributed by atoms with van der Waals surface area (Å²) in [6.45, 7) is 3.04. The summed E-state index contributed by atoms with van der Waals surface area (Å²) in [6.07, 6.45) is 10.5. The average Bonchev–Trinajstić information content (AvgIpc) is 3.02. The fraction of sp³-hybridized carbons (Fsp3) is 0.314. The Kier molecular flexibility index (Phi) is 9.59. The van der Waals surface area contributed by atoms with Crippen LogP contribution in [0.3, 0.4) is 0 Å². The highest BCUT2D eigenvalue weighted by Gasteiger charge is 2.17. The zero-order valence-corrected chi connectivity index (χ0v) is 23.4. The van der Waals surface area contributed by atoms with Crippen molar-refractivity contribution in [2.45, 2.75) is 51.7 Å². The molecule has 5 rings (SSSR count). The molecule has 0 bridgehead atoms. The minimum absolute atomic E-state index is 0.0248. The van der Waals surface area contributed by atoms with E-state index in [0.717, 1.165) is 35.9 Å². The Morgan fingerprint density at radius 1 is 0.825 bits per heavy atom. The lowest BCUT2D eigenvalue weighted by atomic mass is 9.89. The summed E-state index contributed by atoms with van der Waals surface area (Å²) in [5.41, 5.74) is 6.40. The predicted octanol–water partition coefficient (Wildman–Crippen LogP) is 7.27. The lowest BCUT2D eigenvalue weighted by Gasteiger charge is -2.23. The van der Waals surface area contributed by atoms with Crippen molar-refractivity contribution in [2.75, 3.05) is 13.7 Å². The molecular weight excluding hydrogens is 494 g/mol. The third kappa shape index (κ3) is 7.57. The Bertz CT molecular complexity index is 1330. The number of rotatable bonds is 11. The van der Waals surface area contributed by atoms with E-state index in [1.807, 2.05) is 47.5 Å². The van der Waals surface area contributed by atoms with Crippen LogP contribution in [0.2, 0.25) is 0 Å². The van der Waals surface area contributed by atoms with Crippen LogP contribution in [0, 0.1) is 5.92 Å². The van der Waals surface area contributed by atoms with Gasteiger partial charge in [-0.2, -0.15) is 0 Å². The molecule has 1 saturated carbocycles. The highest BCUT2D eigenvalue weighted by molar-refractivity contribution is 5.94. The standard InChI is InChI=1S/C35H39N3O2/c1-40-34-19-17-33(18-20-34)35(39)38(26-30-8-5-21-36-24-30)25-29-11-15-32(16-12-29)31-13-9-28(10-14-31)23-37-22-27-6-3-2-4-7-27/h5,8-21,24,27,37H,2-4,6-7,22-23,25-26H2,1H3. The number of amides is 1. The molecule has 1 aromatic heterocycles. The van der Waals surface area contributed by atoms with Crippen LogP contribution in [0.15, 0.2) is 97.3 Å². The van der Waals surface area contributed by atoms with Crippen LogP contribution in [0.1, 0.15) is 59.2 Å². The van der Waals surface area contributed by atoms with Crippen LogP contribution in [0.25, 0.3) is 11.1 Å². The third-order valence-corrected chi connectivity index (χ3v) is 7.82.